The Hall–Kier alpha value is -2.17. The summed E-state index contributed by atoms with van der Waals surface area (Å²) >= 11 is 6.11. The van der Waals surface area contributed by atoms with Gasteiger partial charge in [-0.25, -0.2) is 9.97 Å². The Morgan fingerprint density at radius 2 is 1.79 bits per heavy atom. The van der Waals surface area contributed by atoms with Crippen LogP contribution in [0, 0.1) is 20.8 Å². The number of fused-ring (bicyclic) bond motifs is 1. The lowest BCUT2D eigenvalue weighted by atomic mass is 10.0. The molecule has 0 unspecified atom stereocenters. The molecule has 1 fully saturated rings. The maximum atomic E-state index is 6.11. The first-order valence-electron chi connectivity index (χ1n) is 9.97. The standard InChI is InChI=1S/C23H27ClN4/c1-15-11-21-17(3)25-23(27-22(21)12-16(15)2)26-20-7-9-28(10-8-20)14-18-5-4-6-19(24)13-18/h4-6,11-13,20H,7-10,14H2,1-3H3,(H,25,26,27). The van der Waals surface area contributed by atoms with Crippen molar-refractivity contribution in [2.24, 2.45) is 0 Å². The molecule has 4 nitrogen and oxygen atoms in total. The highest BCUT2D eigenvalue weighted by molar-refractivity contribution is 6.30. The van der Waals surface area contributed by atoms with E-state index in [4.69, 9.17) is 21.6 Å². The van der Waals surface area contributed by atoms with E-state index in [0.29, 0.717) is 6.04 Å². The van der Waals surface area contributed by atoms with Crippen molar-refractivity contribution in [2.45, 2.75) is 46.2 Å². The van der Waals surface area contributed by atoms with E-state index in [-0.39, 0.29) is 0 Å². The molecule has 1 aliphatic rings. The number of hydrogen-bond donors (Lipinski definition) is 1. The highest BCUT2D eigenvalue weighted by Gasteiger charge is 2.20. The van der Waals surface area contributed by atoms with E-state index in [0.717, 1.165) is 60.0 Å². The molecule has 0 saturated carbocycles. The average molecular weight is 395 g/mol. The number of hydrogen-bond acceptors (Lipinski definition) is 4. The highest BCUT2D eigenvalue weighted by atomic mass is 35.5. The minimum atomic E-state index is 0.416. The van der Waals surface area contributed by atoms with Crippen molar-refractivity contribution < 1.29 is 0 Å². The van der Waals surface area contributed by atoms with Crippen LogP contribution in [0.1, 0.15) is 35.2 Å². The largest absolute Gasteiger partial charge is 0.351 e. The monoisotopic (exact) mass is 394 g/mol. The zero-order valence-corrected chi connectivity index (χ0v) is 17.6. The van der Waals surface area contributed by atoms with Crippen LogP contribution in [0.5, 0.6) is 0 Å². The van der Waals surface area contributed by atoms with Gasteiger partial charge in [-0.3, -0.25) is 4.90 Å². The predicted molar refractivity (Wildman–Crippen MR) is 117 cm³/mol. The summed E-state index contributed by atoms with van der Waals surface area (Å²) < 4.78 is 0. The van der Waals surface area contributed by atoms with Crippen LogP contribution in [0.15, 0.2) is 36.4 Å². The molecule has 0 bridgehead atoms. The lowest BCUT2D eigenvalue weighted by Crippen LogP contribution is -2.39. The minimum Gasteiger partial charge on any atom is -0.351 e. The van der Waals surface area contributed by atoms with Crippen molar-refractivity contribution in [3.8, 4) is 0 Å². The molecule has 2 aromatic carbocycles. The van der Waals surface area contributed by atoms with Gasteiger partial charge >= 0.3 is 0 Å². The lowest BCUT2D eigenvalue weighted by molar-refractivity contribution is 0.211. The molecule has 1 N–H and O–H groups in total. The Labute approximate surface area is 172 Å². The second-order valence-corrected chi connectivity index (χ2v) is 8.35. The molecule has 0 radical (unpaired) electrons. The fourth-order valence-corrected chi connectivity index (χ4v) is 4.13. The topological polar surface area (TPSA) is 41.1 Å². The third kappa shape index (κ3) is 4.29. The second-order valence-electron chi connectivity index (χ2n) is 7.91. The van der Waals surface area contributed by atoms with Gasteiger partial charge in [0.05, 0.1) is 11.2 Å². The van der Waals surface area contributed by atoms with Crippen LogP contribution >= 0.6 is 11.6 Å². The first kappa shape index (κ1) is 19.2. The van der Waals surface area contributed by atoms with E-state index in [1.54, 1.807) is 0 Å². The number of aromatic nitrogens is 2. The molecule has 28 heavy (non-hydrogen) atoms. The molecule has 2 heterocycles. The van der Waals surface area contributed by atoms with Crippen LogP contribution in [0.3, 0.4) is 0 Å². The molecule has 1 aromatic heterocycles. The zero-order chi connectivity index (χ0) is 19.7. The van der Waals surface area contributed by atoms with Gasteiger partial charge in [-0.05, 0) is 74.6 Å². The van der Waals surface area contributed by atoms with E-state index in [2.05, 4.69) is 55.3 Å². The summed E-state index contributed by atoms with van der Waals surface area (Å²) in [6.07, 6.45) is 2.18. The maximum absolute atomic E-state index is 6.11. The zero-order valence-electron chi connectivity index (χ0n) is 16.8. The summed E-state index contributed by atoms with van der Waals surface area (Å²) in [5.41, 5.74) is 5.89. The molecule has 0 spiro atoms. The SMILES string of the molecule is Cc1cc2nc(NC3CCN(Cc4cccc(Cl)c4)CC3)nc(C)c2cc1C. The summed E-state index contributed by atoms with van der Waals surface area (Å²) in [7, 11) is 0. The van der Waals surface area contributed by atoms with Gasteiger partial charge in [0, 0.05) is 36.1 Å². The number of benzene rings is 2. The summed E-state index contributed by atoms with van der Waals surface area (Å²) in [5, 5.41) is 5.52. The van der Waals surface area contributed by atoms with Crippen LogP contribution < -0.4 is 5.32 Å². The fraction of sp³-hybridized carbons (Fsp3) is 0.391. The van der Waals surface area contributed by atoms with Crippen molar-refractivity contribution in [2.75, 3.05) is 18.4 Å². The van der Waals surface area contributed by atoms with E-state index in [1.807, 2.05) is 12.1 Å². The third-order valence-corrected chi connectivity index (χ3v) is 5.95. The average Bonchev–Trinajstić information content (AvgIpc) is 2.65. The van der Waals surface area contributed by atoms with E-state index < -0.39 is 0 Å². The Kier molecular flexibility index (Phi) is 5.51. The van der Waals surface area contributed by atoms with Crippen LogP contribution in [0.25, 0.3) is 10.9 Å². The summed E-state index contributed by atoms with van der Waals surface area (Å²) in [5.74, 6) is 0.751. The first-order chi connectivity index (χ1) is 13.5. The van der Waals surface area contributed by atoms with Crippen LogP contribution in [-0.4, -0.2) is 34.0 Å². The number of likely N-dealkylation sites (tertiary alicyclic amines) is 1. The van der Waals surface area contributed by atoms with Gasteiger partial charge in [0.2, 0.25) is 5.95 Å². The summed E-state index contributed by atoms with van der Waals surface area (Å²) in [6.45, 7) is 9.42. The third-order valence-electron chi connectivity index (χ3n) is 5.72. The highest BCUT2D eigenvalue weighted by Crippen LogP contribution is 2.23. The number of rotatable bonds is 4. The van der Waals surface area contributed by atoms with E-state index in [1.165, 1.54) is 16.7 Å². The molecule has 3 aromatic rings. The number of nitrogens with one attached hydrogen (secondary N) is 1. The molecular weight excluding hydrogens is 368 g/mol. The van der Waals surface area contributed by atoms with Crippen LogP contribution in [-0.2, 0) is 6.54 Å². The van der Waals surface area contributed by atoms with Gasteiger partial charge in [0.25, 0.3) is 0 Å². The van der Waals surface area contributed by atoms with Crippen molar-refractivity contribution in [1.82, 2.24) is 14.9 Å². The number of aryl methyl sites for hydroxylation is 3. The maximum Gasteiger partial charge on any atom is 0.223 e. The molecular formula is C23H27ClN4. The molecule has 4 rings (SSSR count). The summed E-state index contributed by atoms with van der Waals surface area (Å²) in [6, 6.07) is 12.9. The molecule has 146 valence electrons. The smallest absolute Gasteiger partial charge is 0.223 e. The van der Waals surface area contributed by atoms with Crippen molar-refractivity contribution >= 4 is 28.5 Å². The van der Waals surface area contributed by atoms with E-state index in [9.17, 15) is 0 Å². The van der Waals surface area contributed by atoms with Crippen LogP contribution in [0.2, 0.25) is 5.02 Å². The van der Waals surface area contributed by atoms with Crippen LogP contribution in [0.4, 0.5) is 5.95 Å². The van der Waals surface area contributed by atoms with Crippen molar-refractivity contribution in [3.63, 3.8) is 0 Å². The quantitative estimate of drug-likeness (QED) is 0.653. The fourth-order valence-electron chi connectivity index (χ4n) is 3.92. The normalized spacial score (nSPS) is 15.9. The van der Waals surface area contributed by atoms with Crippen molar-refractivity contribution in [1.29, 1.82) is 0 Å². The first-order valence-corrected chi connectivity index (χ1v) is 10.3. The van der Waals surface area contributed by atoms with Gasteiger partial charge in [-0.2, -0.15) is 0 Å². The number of nitrogens with zero attached hydrogens (tertiary/aromatic N) is 3. The van der Waals surface area contributed by atoms with Gasteiger partial charge in [0.15, 0.2) is 0 Å². The van der Waals surface area contributed by atoms with E-state index >= 15 is 0 Å². The lowest BCUT2D eigenvalue weighted by Gasteiger charge is -2.32. The summed E-state index contributed by atoms with van der Waals surface area (Å²) in [4.78, 5) is 12.0. The molecule has 0 amide bonds. The van der Waals surface area contributed by atoms with Gasteiger partial charge in [-0.1, -0.05) is 23.7 Å². The predicted octanol–water partition coefficient (Wildman–Crippen LogP) is 5.28. The Morgan fingerprint density at radius 1 is 1.04 bits per heavy atom. The van der Waals surface area contributed by atoms with Gasteiger partial charge in [-0.15, -0.1) is 0 Å². The molecule has 0 atom stereocenters. The second kappa shape index (κ2) is 8.06. The Morgan fingerprint density at radius 3 is 2.54 bits per heavy atom. The van der Waals surface area contributed by atoms with Gasteiger partial charge < -0.3 is 5.32 Å². The van der Waals surface area contributed by atoms with Gasteiger partial charge in [0.1, 0.15) is 0 Å². The molecule has 0 aliphatic carbocycles. The molecule has 5 heteroatoms. The number of halogens is 1. The Bertz CT molecular complexity index is 993. The number of piperidine rings is 1. The Balaban J connectivity index is 1.40. The molecule has 1 aliphatic heterocycles. The molecule has 1 saturated heterocycles. The van der Waals surface area contributed by atoms with Crippen molar-refractivity contribution in [3.05, 3.63) is 63.8 Å². The number of anilines is 1. The minimum absolute atomic E-state index is 0.416.